The van der Waals surface area contributed by atoms with Gasteiger partial charge in [0.1, 0.15) is 5.60 Å². The number of nitrogens with zero attached hydrogens (tertiary/aromatic N) is 1. The van der Waals surface area contributed by atoms with Crippen LogP contribution in [0.5, 0.6) is 0 Å². The zero-order valence-corrected chi connectivity index (χ0v) is 13.4. The Kier molecular flexibility index (Phi) is 6.50. The molecule has 0 aromatic carbocycles. The summed E-state index contributed by atoms with van der Waals surface area (Å²) in [5.41, 5.74) is -0.475. The lowest BCUT2D eigenvalue weighted by molar-refractivity contribution is -0.156. The molecule has 0 aromatic heterocycles. The summed E-state index contributed by atoms with van der Waals surface area (Å²) in [6.07, 6.45) is 5.03. The summed E-state index contributed by atoms with van der Waals surface area (Å²) in [6.45, 7) is 9.41. The van der Waals surface area contributed by atoms with Gasteiger partial charge in [-0.3, -0.25) is 9.59 Å². The maximum Gasteiger partial charge on any atom is 0.306 e. The van der Waals surface area contributed by atoms with E-state index in [0.717, 1.165) is 31.8 Å². The molecule has 20 heavy (non-hydrogen) atoms. The average Bonchev–Trinajstić information content (AvgIpc) is 2.59. The summed E-state index contributed by atoms with van der Waals surface area (Å²) in [5.74, 6) is 0.554. The minimum atomic E-state index is -0.475. The van der Waals surface area contributed by atoms with Gasteiger partial charge in [-0.25, -0.2) is 0 Å². The van der Waals surface area contributed by atoms with Crippen molar-refractivity contribution in [3.05, 3.63) is 0 Å². The third-order valence-electron chi connectivity index (χ3n) is 3.74. The van der Waals surface area contributed by atoms with Gasteiger partial charge in [0.15, 0.2) is 0 Å². The molecule has 1 amide bonds. The molecular weight excluding hydrogens is 254 g/mol. The molecule has 0 bridgehead atoms. The molecule has 1 aliphatic heterocycles. The summed E-state index contributed by atoms with van der Waals surface area (Å²) >= 11 is 0. The summed E-state index contributed by atoms with van der Waals surface area (Å²) in [7, 11) is 0. The normalized spacial score (nSPS) is 20.4. The van der Waals surface area contributed by atoms with Crippen molar-refractivity contribution >= 4 is 11.9 Å². The van der Waals surface area contributed by atoms with Crippen LogP contribution < -0.4 is 0 Å². The highest BCUT2D eigenvalue weighted by Crippen LogP contribution is 2.20. The zero-order valence-electron chi connectivity index (χ0n) is 13.4. The molecule has 1 atom stereocenters. The Hall–Kier alpha value is -1.06. The third-order valence-corrected chi connectivity index (χ3v) is 3.74. The lowest BCUT2D eigenvalue weighted by atomic mass is 9.98. The van der Waals surface area contributed by atoms with Gasteiger partial charge in [-0.2, -0.15) is 0 Å². The summed E-state index contributed by atoms with van der Waals surface area (Å²) < 4.78 is 5.22. The van der Waals surface area contributed by atoms with E-state index in [1.54, 1.807) is 0 Å². The monoisotopic (exact) mass is 283 g/mol. The quantitative estimate of drug-likeness (QED) is 0.745. The molecule has 0 spiro atoms. The first-order valence-electron chi connectivity index (χ1n) is 7.81. The van der Waals surface area contributed by atoms with Crippen molar-refractivity contribution in [3.8, 4) is 0 Å². The molecule has 0 aliphatic carbocycles. The highest BCUT2D eigenvalue weighted by atomic mass is 16.6. The molecule has 1 unspecified atom stereocenters. The number of ether oxygens (including phenoxy) is 1. The molecule has 4 nitrogen and oxygen atoms in total. The Balaban J connectivity index is 2.33. The molecular formula is C16H29NO3. The highest BCUT2D eigenvalue weighted by molar-refractivity contribution is 5.81. The zero-order chi connectivity index (χ0) is 15.2. The van der Waals surface area contributed by atoms with Crippen LogP contribution in [-0.4, -0.2) is 35.5 Å². The van der Waals surface area contributed by atoms with Gasteiger partial charge < -0.3 is 9.64 Å². The summed E-state index contributed by atoms with van der Waals surface area (Å²) in [5, 5.41) is 0. The Bertz CT molecular complexity index is 333. The second-order valence-corrected chi connectivity index (χ2v) is 6.67. The first-order chi connectivity index (χ1) is 9.31. The molecule has 0 aromatic rings. The number of carbonyl (C=O) groups is 2. The number of carbonyl (C=O) groups excluding carboxylic acids is 2. The Morgan fingerprint density at radius 2 is 1.85 bits per heavy atom. The van der Waals surface area contributed by atoms with E-state index in [1.807, 2.05) is 25.7 Å². The van der Waals surface area contributed by atoms with Gasteiger partial charge >= 0.3 is 5.97 Å². The molecule has 0 N–H and O–H groups in total. The maximum atomic E-state index is 12.1. The van der Waals surface area contributed by atoms with Crippen molar-refractivity contribution < 1.29 is 14.3 Å². The molecule has 116 valence electrons. The van der Waals surface area contributed by atoms with E-state index in [4.69, 9.17) is 4.74 Å². The van der Waals surface area contributed by atoms with Crippen LogP contribution in [0.4, 0.5) is 0 Å². The highest BCUT2D eigenvalue weighted by Gasteiger charge is 2.22. The molecule has 1 saturated heterocycles. The molecule has 4 heteroatoms. The van der Waals surface area contributed by atoms with E-state index >= 15 is 0 Å². The van der Waals surface area contributed by atoms with E-state index in [-0.39, 0.29) is 24.7 Å². The first-order valence-corrected chi connectivity index (χ1v) is 7.81. The van der Waals surface area contributed by atoms with Crippen LogP contribution in [0, 0.1) is 5.92 Å². The maximum absolute atomic E-state index is 12.1. The fourth-order valence-electron chi connectivity index (χ4n) is 2.58. The van der Waals surface area contributed by atoms with Crippen molar-refractivity contribution in [2.24, 2.45) is 5.92 Å². The number of rotatable bonds is 4. The van der Waals surface area contributed by atoms with Gasteiger partial charge in [0.2, 0.25) is 5.91 Å². The van der Waals surface area contributed by atoms with Crippen LogP contribution in [0.2, 0.25) is 0 Å². The van der Waals surface area contributed by atoms with Gasteiger partial charge in [0, 0.05) is 19.5 Å². The number of esters is 1. The van der Waals surface area contributed by atoms with Crippen LogP contribution in [0.3, 0.4) is 0 Å². The van der Waals surface area contributed by atoms with Gasteiger partial charge in [0.05, 0.1) is 6.42 Å². The molecule has 0 radical (unpaired) electrons. The third kappa shape index (κ3) is 6.40. The average molecular weight is 283 g/mol. The van der Waals surface area contributed by atoms with Crippen LogP contribution in [0.15, 0.2) is 0 Å². The number of amides is 1. The van der Waals surface area contributed by atoms with Gasteiger partial charge in [-0.1, -0.05) is 13.3 Å². The summed E-state index contributed by atoms with van der Waals surface area (Å²) in [4.78, 5) is 25.7. The van der Waals surface area contributed by atoms with E-state index in [1.165, 1.54) is 12.8 Å². The van der Waals surface area contributed by atoms with E-state index in [9.17, 15) is 9.59 Å². The van der Waals surface area contributed by atoms with Crippen molar-refractivity contribution in [2.45, 2.75) is 71.8 Å². The van der Waals surface area contributed by atoms with Crippen molar-refractivity contribution in [3.63, 3.8) is 0 Å². The van der Waals surface area contributed by atoms with Gasteiger partial charge in [-0.15, -0.1) is 0 Å². The van der Waals surface area contributed by atoms with Gasteiger partial charge in [-0.05, 0) is 46.0 Å². The lowest BCUT2D eigenvalue weighted by Crippen LogP contribution is -2.32. The summed E-state index contributed by atoms with van der Waals surface area (Å²) in [6, 6.07) is 0. The van der Waals surface area contributed by atoms with Crippen LogP contribution in [0.1, 0.15) is 66.2 Å². The number of hydrogen-bond acceptors (Lipinski definition) is 3. The lowest BCUT2D eigenvalue weighted by Gasteiger charge is -2.22. The first kappa shape index (κ1) is 17.0. The van der Waals surface area contributed by atoms with Crippen molar-refractivity contribution in [1.29, 1.82) is 0 Å². The minimum Gasteiger partial charge on any atom is -0.460 e. The van der Waals surface area contributed by atoms with Crippen molar-refractivity contribution in [2.75, 3.05) is 13.1 Å². The Labute approximate surface area is 122 Å². The predicted molar refractivity (Wildman–Crippen MR) is 79.3 cm³/mol. The molecule has 0 saturated carbocycles. The minimum absolute atomic E-state index is 0.0904. The molecule has 1 heterocycles. The fraction of sp³-hybridized carbons (Fsp3) is 0.875. The number of likely N-dealkylation sites (tertiary alicyclic amines) is 1. The molecule has 1 rings (SSSR count). The smallest absolute Gasteiger partial charge is 0.306 e. The van der Waals surface area contributed by atoms with Gasteiger partial charge in [0.25, 0.3) is 0 Å². The number of hydrogen-bond donors (Lipinski definition) is 0. The van der Waals surface area contributed by atoms with Crippen LogP contribution in [0.25, 0.3) is 0 Å². The predicted octanol–water partition coefficient (Wildman–Crippen LogP) is 3.15. The Morgan fingerprint density at radius 3 is 2.45 bits per heavy atom. The largest absolute Gasteiger partial charge is 0.460 e. The topological polar surface area (TPSA) is 46.6 Å². The van der Waals surface area contributed by atoms with Crippen molar-refractivity contribution in [1.82, 2.24) is 4.90 Å². The Morgan fingerprint density at radius 1 is 1.15 bits per heavy atom. The second kappa shape index (κ2) is 7.65. The molecule has 1 fully saturated rings. The van der Waals surface area contributed by atoms with E-state index in [2.05, 4.69) is 6.92 Å². The van der Waals surface area contributed by atoms with E-state index in [0.29, 0.717) is 0 Å². The van der Waals surface area contributed by atoms with E-state index < -0.39 is 5.60 Å². The standard InChI is InChI=1S/C16H29NO3/c1-5-13-7-6-11-17(12-10-13)14(18)8-9-15(19)20-16(2,3)4/h13H,5-12H2,1-4H3. The fourth-order valence-corrected chi connectivity index (χ4v) is 2.58. The van der Waals surface area contributed by atoms with Crippen LogP contribution >= 0.6 is 0 Å². The van der Waals surface area contributed by atoms with Crippen LogP contribution in [-0.2, 0) is 14.3 Å². The second-order valence-electron chi connectivity index (χ2n) is 6.67. The molecule has 1 aliphatic rings. The SMILES string of the molecule is CCC1CCCN(C(=O)CCC(=O)OC(C)(C)C)CC1.